The standard InChI is InChI=1S/C23H24N2O6S/c1-15-20(25(16(2)27)22(14-26)23(28)29)13-21(24(15)18-7-5-4-6-8-18)17-9-11-19(12-10-17)32(3,30)31/h4-13,22,26H,14H2,1-3H3,(H,28,29). The van der Waals surface area contributed by atoms with Crippen LogP contribution in [0.5, 0.6) is 0 Å². The molecule has 0 aliphatic carbocycles. The van der Waals surface area contributed by atoms with E-state index in [1.165, 1.54) is 19.1 Å². The monoisotopic (exact) mass is 456 g/mol. The van der Waals surface area contributed by atoms with Crippen LogP contribution >= 0.6 is 0 Å². The number of carbonyl (C=O) groups excluding carboxylic acids is 1. The topological polar surface area (TPSA) is 117 Å². The molecular formula is C23H24N2O6S. The number of benzene rings is 2. The van der Waals surface area contributed by atoms with Gasteiger partial charge in [-0.3, -0.25) is 9.69 Å². The molecule has 0 fully saturated rings. The summed E-state index contributed by atoms with van der Waals surface area (Å²) in [7, 11) is -3.37. The number of anilines is 1. The molecule has 2 aromatic carbocycles. The first-order chi connectivity index (χ1) is 15.1. The van der Waals surface area contributed by atoms with E-state index in [2.05, 4.69) is 0 Å². The van der Waals surface area contributed by atoms with Crippen molar-refractivity contribution < 1.29 is 28.2 Å². The number of nitrogens with zero attached hydrogens (tertiary/aromatic N) is 2. The van der Waals surface area contributed by atoms with Gasteiger partial charge in [0.2, 0.25) is 5.91 Å². The van der Waals surface area contributed by atoms with Gasteiger partial charge >= 0.3 is 5.97 Å². The number of aliphatic hydroxyl groups is 1. The largest absolute Gasteiger partial charge is 0.480 e. The van der Waals surface area contributed by atoms with Gasteiger partial charge in [0, 0.05) is 24.6 Å². The first-order valence-corrected chi connectivity index (χ1v) is 11.7. The molecule has 3 aromatic rings. The number of carboxylic acids is 1. The number of amides is 1. The summed E-state index contributed by atoms with van der Waals surface area (Å²) < 4.78 is 25.5. The Hall–Kier alpha value is -3.43. The van der Waals surface area contributed by atoms with Crippen LogP contribution in [0.1, 0.15) is 12.6 Å². The first-order valence-electron chi connectivity index (χ1n) is 9.78. The number of carboxylic acid groups (broad SMARTS) is 1. The fraction of sp³-hybridized carbons (Fsp3) is 0.217. The number of aliphatic hydroxyl groups excluding tert-OH is 1. The number of aliphatic carboxylic acids is 1. The maximum Gasteiger partial charge on any atom is 0.329 e. The molecule has 0 aliphatic heterocycles. The highest BCUT2D eigenvalue weighted by Crippen LogP contribution is 2.35. The third-order valence-corrected chi connectivity index (χ3v) is 6.31. The summed E-state index contributed by atoms with van der Waals surface area (Å²) in [5.41, 5.74) is 3.02. The van der Waals surface area contributed by atoms with Crippen molar-refractivity contribution in [1.82, 2.24) is 4.57 Å². The Kier molecular flexibility index (Phi) is 6.52. The van der Waals surface area contributed by atoms with E-state index in [1.54, 1.807) is 25.1 Å². The number of sulfone groups is 1. The number of hydrogen-bond acceptors (Lipinski definition) is 5. The average molecular weight is 457 g/mol. The van der Waals surface area contributed by atoms with Gasteiger partial charge in [-0.05, 0) is 42.8 Å². The zero-order valence-electron chi connectivity index (χ0n) is 17.9. The second kappa shape index (κ2) is 8.97. The van der Waals surface area contributed by atoms with Crippen LogP contribution in [-0.2, 0) is 19.4 Å². The molecule has 32 heavy (non-hydrogen) atoms. The van der Waals surface area contributed by atoms with Crippen LogP contribution in [0.3, 0.4) is 0 Å². The van der Waals surface area contributed by atoms with Gasteiger partial charge in [-0.1, -0.05) is 30.3 Å². The molecule has 0 bridgehead atoms. The van der Waals surface area contributed by atoms with E-state index >= 15 is 0 Å². The van der Waals surface area contributed by atoms with Crippen LogP contribution in [0.2, 0.25) is 0 Å². The van der Waals surface area contributed by atoms with Gasteiger partial charge < -0.3 is 14.8 Å². The molecule has 3 rings (SSSR count). The lowest BCUT2D eigenvalue weighted by Crippen LogP contribution is -2.46. The molecule has 1 amide bonds. The van der Waals surface area contributed by atoms with Gasteiger partial charge in [0.1, 0.15) is 0 Å². The van der Waals surface area contributed by atoms with Gasteiger partial charge in [0.15, 0.2) is 15.9 Å². The van der Waals surface area contributed by atoms with Crippen LogP contribution in [0.15, 0.2) is 65.6 Å². The molecule has 0 saturated carbocycles. The third-order valence-electron chi connectivity index (χ3n) is 5.18. The Morgan fingerprint density at radius 3 is 2.12 bits per heavy atom. The Morgan fingerprint density at radius 1 is 1.06 bits per heavy atom. The average Bonchev–Trinajstić information content (AvgIpc) is 3.08. The summed E-state index contributed by atoms with van der Waals surface area (Å²) in [5.74, 6) is -1.85. The Labute approximate surface area is 186 Å². The Bertz CT molecular complexity index is 1250. The van der Waals surface area contributed by atoms with Crippen molar-refractivity contribution in [2.75, 3.05) is 17.8 Å². The van der Waals surface area contributed by atoms with Crippen molar-refractivity contribution in [1.29, 1.82) is 0 Å². The van der Waals surface area contributed by atoms with E-state index < -0.39 is 34.4 Å². The van der Waals surface area contributed by atoms with Crippen molar-refractivity contribution in [3.05, 3.63) is 66.4 Å². The number of rotatable bonds is 7. The quantitative estimate of drug-likeness (QED) is 0.565. The van der Waals surface area contributed by atoms with E-state index in [-0.39, 0.29) is 4.90 Å². The van der Waals surface area contributed by atoms with E-state index in [9.17, 15) is 28.2 Å². The fourth-order valence-electron chi connectivity index (χ4n) is 3.66. The summed E-state index contributed by atoms with van der Waals surface area (Å²) in [6.07, 6.45) is 1.13. The van der Waals surface area contributed by atoms with Crippen molar-refractivity contribution in [3.8, 4) is 16.9 Å². The Balaban J connectivity index is 2.28. The summed E-state index contributed by atoms with van der Waals surface area (Å²) in [6.45, 7) is 2.25. The minimum absolute atomic E-state index is 0.174. The van der Waals surface area contributed by atoms with E-state index in [1.807, 2.05) is 34.9 Å². The molecule has 0 aliphatic rings. The van der Waals surface area contributed by atoms with E-state index in [0.29, 0.717) is 22.6 Å². The zero-order chi connectivity index (χ0) is 23.6. The van der Waals surface area contributed by atoms with Gasteiger partial charge in [0.05, 0.1) is 22.9 Å². The van der Waals surface area contributed by atoms with Crippen LogP contribution in [0, 0.1) is 6.92 Å². The molecule has 1 aromatic heterocycles. The lowest BCUT2D eigenvalue weighted by molar-refractivity contribution is -0.141. The predicted molar refractivity (Wildman–Crippen MR) is 121 cm³/mol. The van der Waals surface area contributed by atoms with E-state index in [4.69, 9.17) is 0 Å². The van der Waals surface area contributed by atoms with Crippen molar-refractivity contribution in [3.63, 3.8) is 0 Å². The molecule has 1 heterocycles. The predicted octanol–water partition coefficient (Wildman–Crippen LogP) is 2.65. The Morgan fingerprint density at radius 2 is 1.66 bits per heavy atom. The van der Waals surface area contributed by atoms with Gasteiger partial charge in [0.25, 0.3) is 0 Å². The molecule has 2 N–H and O–H groups in total. The highest BCUT2D eigenvalue weighted by atomic mass is 32.2. The van der Waals surface area contributed by atoms with Crippen molar-refractivity contribution in [2.45, 2.75) is 24.8 Å². The number of carbonyl (C=O) groups is 2. The second-order valence-electron chi connectivity index (χ2n) is 7.39. The summed E-state index contributed by atoms with van der Waals surface area (Å²) in [4.78, 5) is 25.4. The van der Waals surface area contributed by atoms with Crippen molar-refractivity contribution in [2.24, 2.45) is 0 Å². The molecule has 9 heteroatoms. The maximum atomic E-state index is 12.4. The van der Waals surface area contributed by atoms with E-state index in [0.717, 1.165) is 16.8 Å². The van der Waals surface area contributed by atoms with Crippen LogP contribution < -0.4 is 4.90 Å². The lowest BCUT2D eigenvalue weighted by Gasteiger charge is -2.26. The highest BCUT2D eigenvalue weighted by molar-refractivity contribution is 7.90. The molecule has 1 unspecified atom stereocenters. The molecule has 1 atom stereocenters. The normalized spacial score (nSPS) is 12.4. The summed E-state index contributed by atoms with van der Waals surface area (Å²) in [6, 6.07) is 15.8. The van der Waals surface area contributed by atoms with Crippen LogP contribution in [-0.4, -0.2) is 54.0 Å². The summed E-state index contributed by atoms with van der Waals surface area (Å²) >= 11 is 0. The lowest BCUT2D eigenvalue weighted by atomic mass is 10.1. The van der Waals surface area contributed by atoms with Crippen molar-refractivity contribution >= 4 is 27.4 Å². The molecule has 0 radical (unpaired) electrons. The van der Waals surface area contributed by atoms with Gasteiger partial charge in [-0.2, -0.15) is 0 Å². The third kappa shape index (κ3) is 4.44. The number of para-hydroxylation sites is 1. The molecule has 168 valence electrons. The summed E-state index contributed by atoms with van der Waals surface area (Å²) in [5, 5.41) is 19.2. The molecular weight excluding hydrogens is 432 g/mol. The minimum atomic E-state index is -3.37. The molecule has 0 spiro atoms. The second-order valence-corrected chi connectivity index (χ2v) is 9.41. The van der Waals surface area contributed by atoms with Gasteiger partial charge in [-0.15, -0.1) is 0 Å². The maximum absolute atomic E-state index is 12.4. The SMILES string of the molecule is CC(=O)N(c1cc(-c2ccc(S(C)(=O)=O)cc2)n(-c2ccccc2)c1C)C(CO)C(=O)O. The number of hydrogen-bond donors (Lipinski definition) is 2. The molecule has 0 saturated heterocycles. The van der Waals surface area contributed by atoms with Crippen LogP contribution in [0.25, 0.3) is 16.9 Å². The fourth-order valence-corrected chi connectivity index (χ4v) is 4.29. The van der Waals surface area contributed by atoms with Gasteiger partial charge in [-0.25, -0.2) is 13.2 Å². The highest BCUT2D eigenvalue weighted by Gasteiger charge is 2.32. The smallest absolute Gasteiger partial charge is 0.329 e. The number of aromatic nitrogens is 1. The molecule has 8 nitrogen and oxygen atoms in total. The minimum Gasteiger partial charge on any atom is -0.480 e. The van der Waals surface area contributed by atoms with Crippen LogP contribution in [0.4, 0.5) is 5.69 Å². The first kappa shape index (κ1) is 23.2. The zero-order valence-corrected chi connectivity index (χ0v) is 18.7.